The molecule has 2 N–H and O–H groups in total. The van der Waals surface area contributed by atoms with Gasteiger partial charge >= 0.3 is 0 Å². The molecule has 0 saturated carbocycles. The van der Waals surface area contributed by atoms with Gasteiger partial charge in [-0.25, -0.2) is 5.43 Å². The van der Waals surface area contributed by atoms with Gasteiger partial charge in [-0.05, 0) is 87.0 Å². The maximum absolute atomic E-state index is 11.9. The van der Waals surface area contributed by atoms with Crippen molar-refractivity contribution in [1.29, 1.82) is 0 Å². The molecule has 0 bridgehead atoms. The first-order valence-corrected chi connectivity index (χ1v) is 10.9. The number of carbonyl (C=O) groups is 1. The van der Waals surface area contributed by atoms with Crippen molar-refractivity contribution in [3.8, 4) is 17.2 Å². The molecule has 0 aromatic heterocycles. The summed E-state index contributed by atoms with van der Waals surface area (Å²) in [6.07, 6.45) is 3.33. The van der Waals surface area contributed by atoms with Crippen LogP contribution in [0.3, 0.4) is 0 Å². The zero-order valence-electron chi connectivity index (χ0n) is 16.4. The highest BCUT2D eigenvalue weighted by Crippen LogP contribution is 2.35. The monoisotopic (exact) mass is 526 g/mol. The molecule has 2 rings (SSSR count). The summed E-state index contributed by atoms with van der Waals surface area (Å²) in [5.41, 5.74) is 4.40. The Morgan fingerprint density at radius 1 is 1.14 bits per heavy atom. The lowest BCUT2D eigenvalue weighted by molar-refractivity contribution is -0.121. The number of hydrazone groups is 1. The summed E-state index contributed by atoms with van der Waals surface area (Å²) in [6, 6.07) is 9.33. The van der Waals surface area contributed by atoms with Crippen molar-refractivity contribution >= 4 is 44.0 Å². The Labute approximate surface area is 187 Å². The van der Waals surface area contributed by atoms with Crippen LogP contribution in [0.2, 0.25) is 0 Å². The van der Waals surface area contributed by atoms with Crippen LogP contribution in [0.4, 0.5) is 0 Å². The highest BCUT2D eigenvalue weighted by Gasteiger charge is 2.08. The van der Waals surface area contributed by atoms with E-state index in [-0.39, 0.29) is 11.7 Å². The third kappa shape index (κ3) is 7.36. The maximum Gasteiger partial charge on any atom is 0.240 e. The number of carbonyl (C=O) groups excluding carboxylic acids is 1. The molecular formula is C21H24Br2N2O4. The van der Waals surface area contributed by atoms with Crippen molar-refractivity contribution in [2.45, 2.75) is 33.1 Å². The molecule has 2 aromatic rings. The second kappa shape index (κ2) is 11.8. The van der Waals surface area contributed by atoms with E-state index in [9.17, 15) is 9.90 Å². The molecule has 1 amide bonds. The standard InChI is InChI=1S/C21H24Br2N2O4/c1-3-14-7-8-18(16(22)10-14)29-9-5-6-20(26)25-24-13-15-11-17(23)21(27)19(12-15)28-4-2/h7-8,10-13,27H,3-6,9H2,1-2H3,(H,25,26)/b24-13+. The zero-order chi connectivity index (χ0) is 21.2. The average molecular weight is 528 g/mol. The van der Waals surface area contributed by atoms with Gasteiger partial charge in [-0.2, -0.15) is 5.10 Å². The van der Waals surface area contributed by atoms with E-state index < -0.39 is 0 Å². The van der Waals surface area contributed by atoms with Gasteiger partial charge in [0.15, 0.2) is 11.5 Å². The highest BCUT2D eigenvalue weighted by molar-refractivity contribution is 9.10. The van der Waals surface area contributed by atoms with Gasteiger partial charge in [0.05, 0.1) is 28.4 Å². The number of aryl methyl sites for hydroxylation is 1. The number of aromatic hydroxyl groups is 1. The van der Waals surface area contributed by atoms with E-state index in [4.69, 9.17) is 9.47 Å². The number of nitrogens with one attached hydrogen (secondary N) is 1. The van der Waals surface area contributed by atoms with Crippen LogP contribution in [0.15, 0.2) is 44.4 Å². The normalized spacial score (nSPS) is 10.9. The van der Waals surface area contributed by atoms with Crippen LogP contribution in [0.25, 0.3) is 0 Å². The first-order chi connectivity index (χ1) is 13.9. The first kappa shape index (κ1) is 23.2. The molecule has 0 radical (unpaired) electrons. The molecule has 0 aliphatic carbocycles. The quantitative estimate of drug-likeness (QED) is 0.253. The minimum absolute atomic E-state index is 0.0315. The second-order valence-corrected chi connectivity index (χ2v) is 7.85. The highest BCUT2D eigenvalue weighted by atomic mass is 79.9. The van der Waals surface area contributed by atoms with Gasteiger partial charge in [-0.1, -0.05) is 13.0 Å². The molecule has 2 aromatic carbocycles. The largest absolute Gasteiger partial charge is 0.503 e. The summed E-state index contributed by atoms with van der Waals surface area (Å²) in [4.78, 5) is 11.9. The van der Waals surface area contributed by atoms with E-state index in [1.165, 1.54) is 11.8 Å². The minimum Gasteiger partial charge on any atom is -0.503 e. The van der Waals surface area contributed by atoms with Crippen molar-refractivity contribution in [1.82, 2.24) is 5.43 Å². The molecule has 0 fully saturated rings. The Bertz CT molecular complexity index is 872. The van der Waals surface area contributed by atoms with Crippen LogP contribution in [-0.4, -0.2) is 30.4 Å². The average Bonchev–Trinajstić information content (AvgIpc) is 2.70. The van der Waals surface area contributed by atoms with Crippen LogP contribution in [0.1, 0.15) is 37.8 Å². The summed E-state index contributed by atoms with van der Waals surface area (Å²) in [5.74, 6) is 0.950. The Kier molecular flexibility index (Phi) is 9.47. The molecule has 0 atom stereocenters. The third-order valence-electron chi connectivity index (χ3n) is 3.96. The van der Waals surface area contributed by atoms with E-state index >= 15 is 0 Å². The number of phenolic OH excluding ortho intramolecular Hbond substituents is 1. The van der Waals surface area contributed by atoms with Crippen molar-refractivity contribution in [2.24, 2.45) is 5.10 Å². The first-order valence-electron chi connectivity index (χ1n) is 9.33. The number of halogens is 2. The van der Waals surface area contributed by atoms with E-state index in [0.29, 0.717) is 41.8 Å². The number of hydrogen-bond donors (Lipinski definition) is 2. The molecule has 0 heterocycles. The second-order valence-electron chi connectivity index (χ2n) is 6.15. The van der Waals surface area contributed by atoms with Gasteiger partial charge < -0.3 is 14.6 Å². The number of hydrogen-bond acceptors (Lipinski definition) is 5. The fourth-order valence-electron chi connectivity index (χ4n) is 2.46. The minimum atomic E-state index is -0.201. The molecule has 6 nitrogen and oxygen atoms in total. The number of phenols is 1. The molecule has 0 saturated heterocycles. The van der Waals surface area contributed by atoms with Gasteiger partial charge in [-0.3, -0.25) is 4.79 Å². The van der Waals surface area contributed by atoms with Crippen molar-refractivity contribution in [3.63, 3.8) is 0 Å². The van der Waals surface area contributed by atoms with Crippen molar-refractivity contribution in [2.75, 3.05) is 13.2 Å². The zero-order valence-corrected chi connectivity index (χ0v) is 19.5. The Morgan fingerprint density at radius 3 is 2.62 bits per heavy atom. The lowest BCUT2D eigenvalue weighted by Gasteiger charge is -2.09. The molecule has 0 aliphatic rings. The number of nitrogens with zero attached hydrogens (tertiary/aromatic N) is 1. The van der Waals surface area contributed by atoms with Crippen molar-refractivity contribution in [3.05, 3.63) is 50.4 Å². The Balaban J connectivity index is 1.77. The smallest absolute Gasteiger partial charge is 0.240 e. The van der Waals surface area contributed by atoms with Crippen LogP contribution < -0.4 is 14.9 Å². The van der Waals surface area contributed by atoms with Crippen LogP contribution >= 0.6 is 31.9 Å². The van der Waals surface area contributed by atoms with Crippen LogP contribution in [0.5, 0.6) is 17.2 Å². The summed E-state index contributed by atoms with van der Waals surface area (Å²) >= 11 is 6.76. The molecule has 0 unspecified atom stereocenters. The Morgan fingerprint density at radius 2 is 1.93 bits per heavy atom. The van der Waals surface area contributed by atoms with Gasteiger partial charge in [0.1, 0.15) is 5.75 Å². The lowest BCUT2D eigenvalue weighted by Crippen LogP contribution is -2.18. The molecular weight excluding hydrogens is 504 g/mol. The molecule has 29 heavy (non-hydrogen) atoms. The van der Waals surface area contributed by atoms with E-state index in [1.807, 2.05) is 25.1 Å². The number of rotatable bonds is 10. The van der Waals surface area contributed by atoms with Gasteiger partial charge in [0.2, 0.25) is 5.91 Å². The van der Waals surface area contributed by atoms with Crippen molar-refractivity contribution < 1.29 is 19.4 Å². The van der Waals surface area contributed by atoms with E-state index in [0.717, 1.165) is 16.6 Å². The topological polar surface area (TPSA) is 80.2 Å². The molecule has 156 valence electrons. The lowest BCUT2D eigenvalue weighted by atomic mass is 10.2. The number of benzene rings is 2. The Hall–Kier alpha value is -2.06. The number of ether oxygens (including phenoxy) is 2. The summed E-state index contributed by atoms with van der Waals surface area (Å²) in [7, 11) is 0. The third-order valence-corrected chi connectivity index (χ3v) is 5.19. The SMILES string of the molecule is CCOc1cc(/C=N/NC(=O)CCCOc2ccc(CC)cc2Br)cc(Br)c1O. The fraction of sp³-hybridized carbons (Fsp3) is 0.333. The summed E-state index contributed by atoms with van der Waals surface area (Å²) in [6.45, 7) is 4.79. The fourth-order valence-corrected chi connectivity index (χ4v) is 3.47. The van der Waals surface area contributed by atoms with Gasteiger partial charge in [0.25, 0.3) is 0 Å². The predicted octanol–water partition coefficient (Wildman–Crippen LogP) is 5.19. The van der Waals surface area contributed by atoms with Crippen LogP contribution in [-0.2, 0) is 11.2 Å². The van der Waals surface area contributed by atoms with E-state index in [1.54, 1.807) is 12.1 Å². The molecule has 8 heteroatoms. The molecule has 0 spiro atoms. The summed E-state index contributed by atoms with van der Waals surface area (Å²) in [5, 5.41) is 13.9. The van der Waals surface area contributed by atoms with E-state index in [2.05, 4.69) is 49.3 Å². The predicted molar refractivity (Wildman–Crippen MR) is 121 cm³/mol. The molecule has 0 aliphatic heterocycles. The number of amides is 1. The summed E-state index contributed by atoms with van der Waals surface area (Å²) < 4.78 is 12.5. The maximum atomic E-state index is 11.9. The van der Waals surface area contributed by atoms with Gasteiger partial charge in [-0.15, -0.1) is 0 Å². The van der Waals surface area contributed by atoms with Gasteiger partial charge in [0, 0.05) is 6.42 Å². The van der Waals surface area contributed by atoms with Crippen LogP contribution in [0, 0.1) is 0 Å².